The van der Waals surface area contributed by atoms with Crippen LogP contribution >= 0.6 is 11.6 Å². The minimum absolute atomic E-state index is 0.133. The van der Waals surface area contributed by atoms with E-state index in [4.69, 9.17) is 11.6 Å². The molecule has 0 amide bonds. The lowest BCUT2D eigenvalue weighted by Gasteiger charge is -2.15. The molecule has 0 aromatic rings. The van der Waals surface area contributed by atoms with Crippen molar-refractivity contribution in [3.63, 3.8) is 0 Å². The van der Waals surface area contributed by atoms with Crippen molar-refractivity contribution in [1.29, 1.82) is 0 Å². The molecule has 0 aromatic heterocycles. The second kappa shape index (κ2) is 5.84. The zero-order valence-corrected chi connectivity index (χ0v) is 10.7. The minimum Gasteiger partial charge on any atom is -0.469 e. The molecule has 1 aliphatic carbocycles. The van der Waals surface area contributed by atoms with Gasteiger partial charge < -0.3 is 4.74 Å². The van der Waals surface area contributed by atoms with Gasteiger partial charge in [-0.2, -0.15) is 0 Å². The molecule has 0 spiro atoms. The van der Waals surface area contributed by atoms with E-state index < -0.39 is 16.0 Å². The third kappa shape index (κ3) is 4.27. The Balaban J connectivity index is 2.42. The Morgan fingerprint density at radius 3 is 2.69 bits per heavy atom. The fourth-order valence-corrected chi connectivity index (χ4v) is 3.37. The normalized spacial score (nSPS) is 25.6. The van der Waals surface area contributed by atoms with Crippen molar-refractivity contribution in [2.24, 2.45) is 0 Å². The first-order chi connectivity index (χ1) is 7.44. The number of carbonyl (C=O) groups excluding carboxylic acids is 1. The van der Waals surface area contributed by atoms with Crippen LogP contribution in [0.4, 0.5) is 0 Å². The molecule has 16 heavy (non-hydrogen) atoms. The molecule has 0 bridgehead atoms. The van der Waals surface area contributed by atoms with E-state index in [1.165, 1.54) is 7.11 Å². The maximum Gasteiger partial charge on any atom is 0.306 e. The number of sulfonamides is 1. The van der Waals surface area contributed by atoms with E-state index in [1.54, 1.807) is 0 Å². The number of nitrogens with one attached hydrogen (secondary N) is 1. The Morgan fingerprint density at radius 1 is 1.50 bits per heavy atom. The Labute approximate surface area is 101 Å². The second-order valence-corrected chi connectivity index (χ2v) is 6.25. The summed E-state index contributed by atoms with van der Waals surface area (Å²) in [5, 5.41) is -0.145. The van der Waals surface area contributed by atoms with E-state index >= 15 is 0 Å². The van der Waals surface area contributed by atoms with Gasteiger partial charge in [-0.3, -0.25) is 4.79 Å². The lowest BCUT2D eigenvalue weighted by atomic mass is 10.3. The van der Waals surface area contributed by atoms with Crippen molar-refractivity contribution >= 4 is 27.6 Å². The van der Waals surface area contributed by atoms with Crippen LogP contribution in [0.2, 0.25) is 0 Å². The number of halogens is 1. The molecular formula is C9H16ClNO4S. The van der Waals surface area contributed by atoms with E-state index in [0.717, 1.165) is 19.3 Å². The van der Waals surface area contributed by atoms with Gasteiger partial charge in [0.15, 0.2) is 0 Å². The largest absolute Gasteiger partial charge is 0.469 e. The van der Waals surface area contributed by atoms with Gasteiger partial charge in [0, 0.05) is 11.4 Å². The van der Waals surface area contributed by atoms with Crippen molar-refractivity contribution in [1.82, 2.24) is 4.72 Å². The summed E-state index contributed by atoms with van der Waals surface area (Å²) in [4.78, 5) is 10.8. The SMILES string of the molecule is COC(=O)CCS(=O)(=O)NC1CCCC1Cl. The highest BCUT2D eigenvalue weighted by atomic mass is 35.5. The Morgan fingerprint density at radius 2 is 2.19 bits per heavy atom. The van der Waals surface area contributed by atoms with Crippen LogP contribution in [0.25, 0.3) is 0 Å². The number of hydrogen-bond acceptors (Lipinski definition) is 4. The van der Waals surface area contributed by atoms with Crippen LogP contribution in [-0.4, -0.2) is 38.7 Å². The molecule has 94 valence electrons. The summed E-state index contributed by atoms with van der Waals surface area (Å²) < 4.78 is 30.0. The van der Waals surface area contributed by atoms with Gasteiger partial charge >= 0.3 is 5.97 Å². The predicted octanol–water partition coefficient (Wildman–Crippen LogP) is 0.629. The zero-order chi connectivity index (χ0) is 12.2. The van der Waals surface area contributed by atoms with E-state index in [9.17, 15) is 13.2 Å². The molecule has 2 unspecified atom stereocenters. The highest BCUT2D eigenvalue weighted by Gasteiger charge is 2.29. The Hall–Kier alpha value is -0.330. The second-order valence-electron chi connectivity index (χ2n) is 3.82. The first-order valence-corrected chi connectivity index (χ1v) is 7.24. The average Bonchev–Trinajstić information content (AvgIpc) is 2.60. The highest BCUT2D eigenvalue weighted by Crippen LogP contribution is 2.24. The fraction of sp³-hybridized carbons (Fsp3) is 0.889. The summed E-state index contributed by atoms with van der Waals surface area (Å²) in [7, 11) is -2.21. The molecule has 0 aliphatic heterocycles. The lowest BCUT2D eigenvalue weighted by Crippen LogP contribution is -2.39. The number of carbonyl (C=O) groups is 1. The summed E-state index contributed by atoms with van der Waals surface area (Å²) in [6.07, 6.45) is 2.38. The van der Waals surface area contributed by atoms with Crippen LogP contribution in [0.5, 0.6) is 0 Å². The predicted molar refractivity (Wildman–Crippen MR) is 60.8 cm³/mol. The smallest absolute Gasteiger partial charge is 0.306 e. The maximum absolute atomic E-state index is 11.6. The average molecular weight is 270 g/mol. The van der Waals surface area contributed by atoms with Crippen molar-refractivity contribution in [3.8, 4) is 0 Å². The minimum atomic E-state index is -3.44. The molecule has 1 saturated carbocycles. The van der Waals surface area contributed by atoms with Crippen molar-refractivity contribution < 1.29 is 17.9 Å². The third-order valence-corrected chi connectivity index (χ3v) is 4.49. The zero-order valence-electron chi connectivity index (χ0n) is 9.11. The summed E-state index contributed by atoms with van der Waals surface area (Å²) >= 11 is 5.96. The monoisotopic (exact) mass is 269 g/mol. The molecule has 7 heteroatoms. The van der Waals surface area contributed by atoms with Crippen LogP contribution in [0.3, 0.4) is 0 Å². The number of methoxy groups -OCH3 is 1. The van der Waals surface area contributed by atoms with Crippen molar-refractivity contribution in [3.05, 3.63) is 0 Å². The van der Waals surface area contributed by atoms with Crippen molar-refractivity contribution in [2.45, 2.75) is 37.1 Å². The van der Waals surface area contributed by atoms with Crippen LogP contribution in [-0.2, 0) is 19.6 Å². The molecule has 1 N–H and O–H groups in total. The Bertz CT molecular complexity index is 343. The maximum atomic E-state index is 11.6. The Kier molecular flexibility index (Phi) is 5.01. The third-order valence-electron chi connectivity index (χ3n) is 2.57. The number of ether oxygens (including phenoxy) is 1. The van der Waals surface area contributed by atoms with Gasteiger partial charge in [0.2, 0.25) is 10.0 Å². The molecule has 1 fully saturated rings. The van der Waals surface area contributed by atoms with Gasteiger partial charge in [-0.1, -0.05) is 6.42 Å². The number of esters is 1. The molecule has 0 saturated heterocycles. The van der Waals surface area contributed by atoms with Crippen LogP contribution < -0.4 is 4.72 Å². The molecule has 0 heterocycles. The highest BCUT2D eigenvalue weighted by molar-refractivity contribution is 7.89. The van der Waals surface area contributed by atoms with Crippen molar-refractivity contribution in [2.75, 3.05) is 12.9 Å². The van der Waals surface area contributed by atoms with E-state index in [1.807, 2.05) is 0 Å². The van der Waals surface area contributed by atoms with Gasteiger partial charge in [0.05, 0.1) is 19.3 Å². The molecule has 1 rings (SSSR count). The van der Waals surface area contributed by atoms with Gasteiger partial charge in [-0.05, 0) is 12.8 Å². The van der Waals surface area contributed by atoms with Gasteiger partial charge in [0.25, 0.3) is 0 Å². The number of hydrogen-bond donors (Lipinski definition) is 1. The lowest BCUT2D eigenvalue weighted by molar-refractivity contribution is -0.140. The van der Waals surface area contributed by atoms with Gasteiger partial charge in [-0.25, -0.2) is 13.1 Å². The quantitative estimate of drug-likeness (QED) is 0.587. The molecule has 0 aromatic carbocycles. The number of alkyl halides is 1. The molecule has 5 nitrogen and oxygen atoms in total. The molecule has 0 radical (unpaired) electrons. The summed E-state index contributed by atoms with van der Waals surface area (Å²) in [6.45, 7) is 0. The molecule has 1 aliphatic rings. The summed E-state index contributed by atoms with van der Waals surface area (Å²) in [6, 6.07) is -0.204. The number of rotatable bonds is 5. The van der Waals surface area contributed by atoms with Gasteiger partial charge in [0.1, 0.15) is 0 Å². The fourth-order valence-electron chi connectivity index (χ4n) is 1.66. The van der Waals surface area contributed by atoms with E-state index in [-0.39, 0.29) is 23.6 Å². The van der Waals surface area contributed by atoms with Crippen LogP contribution in [0, 0.1) is 0 Å². The first-order valence-electron chi connectivity index (χ1n) is 5.15. The topological polar surface area (TPSA) is 72.5 Å². The standard InChI is InChI=1S/C9H16ClNO4S/c1-15-9(12)5-6-16(13,14)11-8-4-2-3-7(8)10/h7-8,11H,2-6H2,1H3. The molecule has 2 atom stereocenters. The van der Waals surface area contributed by atoms with E-state index in [0.29, 0.717) is 0 Å². The van der Waals surface area contributed by atoms with Crippen LogP contribution in [0.1, 0.15) is 25.7 Å². The first kappa shape index (κ1) is 13.7. The molecular weight excluding hydrogens is 254 g/mol. The summed E-state index contributed by atoms with van der Waals surface area (Å²) in [5.41, 5.74) is 0. The van der Waals surface area contributed by atoms with Crippen LogP contribution in [0.15, 0.2) is 0 Å². The van der Waals surface area contributed by atoms with E-state index in [2.05, 4.69) is 9.46 Å². The van der Waals surface area contributed by atoms with Gasteiger partial charge in [-0.15, -0.1) is 11.6 Å². The summed E-state index contributed by atoms with van der Waals surface area (Å²) in [5.74, 6) is -0.779.